The highest BCUT2D eigenvalue weighted by Gasteiger charge is 2.20. The second kappa shape index (κ2) is 3.64. The third-order valence-electron chi connectivity index (χ3n) is 2.13. The molecule has 2 rings (SSSR count). The molecule has 0 radical (unpaired) electrons. The van der Waals surface area contributed by atoms with Gasteiger partial charge in [-0.3, -0.25) is 9.20 Å². The average molecular weight is 224 g/mol. The Labute approximate surface area is 91.7 Å². The maximum absolute atomic E-state index is 11.8. The van der Waals surface area contributed by atoms with Crippen molar-refractivity contribution in [3.8, 4) is 0 Å². The lowest BCUT2D eigenvalue weighted by Gasteiger charge is -2.03. The van der Waals surface area contributed by atoms with Crippen molar-refractivity contribution in [1.82, 2.24) is 9.38 Å². The van der Waals surface area contributed by atoms with Crippen LogP contribution in [0.15, 0.2) is 24.4 Å². The smallest absolute Gasteiger partial charge is 0.199 e. The van der Waals surface area contributed by atoms with Crippen molar-refractivity contribution in [2.24, 2.45) is 5.73 Å². The predicted molar refractivity (Wildman–Crippen MR) is 58.2 cm³/mol. The number of hydrogen-bond acceptors (Lipinski definition) is 3. The molecule has 0 saturated carbocycles. The molecule has 0 aliphatic heterocycles. The first-order chi connectivity index (χ1) is 7.11. The number of carbonyl (C=O) groups is 1. The minimum Gasteiger partial charge on any atom is -0.321 e. The highest BCUT2D eigenvalue weighted by atomic mass is 35.5. The Hall–Kier alpha value is -1.39. The normalized spacial score (nSPS) is 13.0. The molecular formula is C10H10ClN3O. The van der Waals surface area contributed by atoms with Crippen molar-refractivity contribution >= 4 is 23.0 Å². The Bertz CT molecular complexity index is 518. The number of pyridine rings is 1. The van der Waals surface area contributed by atoms with Gasteiger partial charge in [0.05, 0.1) is 6.04 Å². The molecule has 0 aliphatic carbocycles. The maximum atomic E-state index is 11.8. The van der Waals surface area contributed by atoms with E-state index in [1.54, 1.807) is 23.6 Å². The lowest BCUT2D eigenvalue weighted by Crippen LogP contribution is -2.27. The largest absolute Gasteiger partial charge is 0.321 e. The molecule has 2 aromatic heterocycles. The molecule has 0 spiro atoms. The molecule has 2 heterocycles. The lowest BCUT2D eigenvalue weighted by atomic mass is 10.2. The molecule has 2 N–H and O–H groups in total. The van der Waals surface area contributed by atoms with E-state index in [1.165, 1.54) is 0 Å². The Morgan fingerprint density at radius 2 is 2.33 bits per heavy atom. The molecule has 1 unspecified atom stereocenters. The van der Waals surface area contributed by atoms with Gasteiger partial charge in [-0.05, 0) is 19.1 Å². The van der Waals surface area contributed by atoms with Gasteiger partial charge in [0.2, 0.25) is 0 Å². The second-order valence-corrected chi connectivity index (χ2v) is 3.69. The van der Waals surface area contributed by atoms with E-state index in [9.17, 15) is 4.79 Å². The summed E-state index contributed by atoms with van der Waals surface area (Å²) in [5, 5.41) is 0.198. The number of Topliss-reactive ketones (excluding diaryl/α,β-unsaturated/α-hetero) is 1. The van der Waals surface area contributed by atoms with E-state index in [-0.39, 0.29) is 10.9 Å². The van der Waals surface area contributed by atoms with E-state index in [1.807, 2.05) is 12.1 Å². The molecule has 78 valence electrons. The number of halogens is 1. The summed E-state index contributed by atoms with van der Waals surface area (Å²) < 4.78 is 1.65. The average Bonchev–Trinajstić information content (AvgIpc) is 2.52. The molecule has 2 aromatic rings. The van der Waals surface area contributed by atoms with Crippen molar-refractivity contribution in [1.29, 1.82) is 0 Å². The number of aromatic nitrogens is 2. The maximum Gasteiger partial charge on any atom is 0.199 e. The standard InChI is InChI=1S/C10H10ClN3O/c1-6(12)9(15)8-10(11)13-7-4-2-3-5-14(7)8/h2-6H,12H2,1H3. The van der Waals surface area contributed by atoms with E-state index in [2.05, 4.69) is 4.98 Å². The minimum atomic E-state index is -0.581. The van der Waals surface area contributed by atoms with Crippen LogP contribution in [-0.2, 0) is 0 Å². The zero-order valence-electron chi connectivity index (χ0n) is 8.14. The fourth-order valence-corrected chi connectivity index (χ4v) is 1.67. The first-order valence-electron chi connectivity index (χ1n) is 4.53. The Morgan fingerprint density at radius 1 is 1.60 bits per heavy atom. The van der Waals surface area contributed by atoms with Gasteiger partial charge in [-0.15, -0.1) is 0 Å². The fourth-order valence-electron chi connectivity index (χ4n) is 1.40. The molecule has 1 atom stereocenters. The van der Waals surface area contributed by atoms with Crippen LogP contribution in [0.2, 0.25) is 5.15 Å². The number of fused-ring (bicyclic) bond motifs is 1. The third-order valence-corrected chi connectivity index (χ3v) is 2.40. The van der Waals surface area contributed by atoms with Gasteiger partial charge in [0.1, 0.15) is 11.3 Å². The molecule has 0 fully saturated rings. The van der Waals surface area contributed by atoms with Gasteiger partial charge in [0.25, 0.3) is 0 Å². The van der Waals surface area contributed by atoms with Crippen molar-refractivity contribution < 1.29 is 4.79 Å². The number of imidazole rings is 1. The summed E-state index contributed by atoms with van der Waals surface area (Å²) in [5.74, 6) is -0.210. The first kappa shape index (κ1) is 10.1. The zero-order chi connectivity index (χ0) is 11.0. The quantitative estimate of drug-likeness (QED) is 0.786. The summed E-state index contributed by atoms with van der Waals surface area (Å²) >= 11 is 5.90. The summed E-state index contributed by atoms with van der Waals surface area (Å²) in [7, 11) is 0. The molecule has 15 heavy (non-hydrogen) atoms. The highest BCUT2D eigenvalue weighted by Crippen LogP contribution is 2.18. The number of carbonyl (C=O) groups excluding carboxylic acids is 1. The van der Waals surface area contributed by atoms with Gasteiger partial charge in [0.15, 0.2) is 10.9 Å². The van der Waals surface area contributed by atoms with Crippen LogP contribution in [0.4, 0.5) is 0 Å². The van der Waals surface area contributed by atoms with E-state index in [0.29, 0.717) is 11.3 Å². The van der Waals surface area contributed by atoms with Gasteiger partial charge < -0.3 is 5.73 Å². The summed E-state index contributed by atoms with van der Waals surface area (Å²) in [5.41, 5.74) is 6.53. The van der Waals surface area contributed by atoms with Crippen molar-refractivity contribution in [2.45, 2.75) is 13.0 Å². The number of ketones is 1. The Balaban J connectivity index is 2.69. The van der Waals surface area contributed by atoms with E-state index < -0.39 is 6.04 Å². The SMILES string of the molecule is CC(N)C(=O)c1c(Cl)nc2ccccn12. The van der Waals surface area contributed by atoms with Crippen LogP contribution >= 0.6 is 11.6 Å². The molecule has 0 bridgehead atoms. The van der Waals surface area contributed by atoms with Crippen LogP contribution in [-0.4, -0.2) is 21.2 Å². The van der Waals surface area contributed by atoms with Gasteiger partial charge in [-0.25, -0.2) is 4.98 Å². The Kier molecular flexibility index (Phi) is 2.46. The number of rotatable bonds is 2. The summed E-state index contributed by atoms with van der Waals surface area (Å²) in [4.78, 5) is 15.8. The van der Waals surface area contributed by atoms with Crippen molar-refractivity contribution in [3.63, 3.8) is 0 Å². The summed E-state index contributed by atoms with van der Waals surface area (Å²) in [6.45, 7) is 1.63. The molecule has 0 saturated heterocycles. The number of nitrogens with zero attached hydrogens (tertiary/aromatic N) is 2. The fraction of sp³-hybridized carbons (Fsp3) is 0.200. The van der Waals surface area contributed by atoms with Gasteiger partial charge in [0, 0.05) is 6.20 Å². The first-order valence-corrected chi connectivity index (χ1v) is 4.91. The number of nitrogens with two attached hydrogens (primary N) is 1. The Morgan fingerprint density at radius 3 is 3.00 bits per heavy atom. The molecule has 0 aliphatic rings. The monoisotopic (exact) mass is 223 g/mol. The number of hydrogen-bond donors (Lipinski definition) is 1. The highest BCUT2D eigenvalue weighted by molar-refractivity contribution is 6.33. The lowest BCUT2D eigenvalue weighted by molar-refractivity contribution is 0.0962. The van der Waals surface area contributed by atoms with Crippen LogP contribution in [0.3, 0.4) is 0 Å². The van der Waals surface area contributed by atoms with Crippen LogP contribution in [0, 0.1) is 0 Å². The van der Waals surface area contributed by atoms with Crippen molar-refractivity contribution in [2.75, 3.05) is 0 Å². The van der Waals surface area contributed by atoms with Gasteiger partial charge in [-0.1, -0.05) is 17.7 Å². The molecular weight excluding hydrogens is 214 g/mol. The predicted octanol–water partition coefficient (Wildman–Crippen LogP) is 1.52. The van der Waals surface area contributed by atoms with Crippen LogP contribution in [0.25, 0.3) is 5.65 Å². The molecule has 0 amide bonds. The summed E-state index contributed by atoms with van der Waals surface area (Å²) in [6.07, 6.45) is 1.74. The van der Waals surface area contributed by atoms with E-state index in [4.69, 9.17) is 17.3 Å². The molecule has 0 aromatic carbocycles. The van der Waals surface area contributed by atoms with Crippen molar-refractivity contribution in [3.05, 3.63) is 35.2 Å². The van der Waals surface area contributed by atoms with Gasteiger partial charge >= 0.3 is 0 Å². The minimum absolute atomic E-state index is 0.198. The topological polar surface area (TPSA) is 60.4 Å². The zero-order valence-corrected chi connectivity index (χ0v) is 8.90. The van der Waals surface area contributed by atoms with Crippen LogP contribution in [0.5, 0.6) is 0 Å². The molecule has 5 heteroatoms. The van der Waals surface area contributed by atoms with Gasteiger partial charge in [-0.2, -0.15) is 0 Å². The summed E-state index contributed by atoms with van der Waals surface area (Å²) in [6, 6.07) is 4.84. The van der Waals surface area contributed by atoms with E-state index in [0.717, 1.165) is 0 Å². The second-order valence-electron chi connectivity index (χ2n) is 3.33. The molecule has 4 nitrogen and oxygen atoms in total. The van der Waals surface area contributed by atoms with E-state index >= 15 is 0 Å². The van der Waals surface area contributed by atoms with Crippen LogP contribution < -0.4 is 5.73 Å². The third kappa shape index (κ3) is 1.62. The van der Waals surface area contributed by atoms with Crippen LogP contribution in [0.1, 0.15) is 17.4 Å².